The lowest BCUT2D eigenvalue weighted by atomic mass is 9.84. The van der Waals surface area contributed by atoms with Crippen LogP contribution in [0.3, 0.4) is 0 Å². The van der Waals surface area contributed by atoms with E-state index in [4.69, 9.17) is 9.72 Å². The molecule has 162 valence electrons. The molecule has 0 unspecified atom stereocenters. The molecule has 3 heterocycles. The number of carbonyl (C=O) groups is 2. The van der Waals surface area contributed by atoms with Gasteiger partial charge in [-0.3, -0.25) is 9.59 Å². The summed E-state index contributed by atoms with van der Waals surface area (Å²) in [6, 6.07) is 0. The summed E-state index contributed by atoms with van der Waals surface area (Å²) in [5, 5.41) is 5.30. The Kier molecular flexibility index (Phi) is 5.66. The number of hydrogen-bond donors (Lipinski definition) is 0. The fourth-order valence-corrected chi connectivity index (χ4v) is 4.59. The number of hydrogen-bond acceptors (Lipinski definition) is 5. The van der Waals surface area contributed by atoms with Gasteiger partial charge in [-0.1, -0.05) is 6.42 Å². The average Bonchev–Trinajstić information content (AvgIpc) is 3.02. The third kappa shape index (κ3) is 3.63. The Balaban J connectivity index is 1.39. The van der Waals surface area contributed by atoms with Crippen LogP contribution >= 0.6 is 0 Å². The van der Waals surface area contributed by atoms with Crippen LogP contribution in [0, 0.1) is 19.8 Å². The average molecular weight is 414 g/mol. The van der Waals surface area contributed by atoms with Crippen molar-refractivity contribution in [2.45, 2.75) is 46.0 Å². The quantitative estimate of drug-likeness (QED) is 0.749. The molecule has 0 radical (unpaired) electrons. The van der Waals surface area contributed by atoms with Gasteiger partial charge in [-0.15, -0.1) is 5.10 Å². The van der Waals surface area contributed by atoms with Gasteiger partial charge in [-0.2, -0.15) is 0 Å². The molecule has 0 spiro atoms. The van der Waals surface area contributed by atoms with Gasteiger partial charge in [-0.05, 0) is 44.2 Å². The zero-order chi connectivity index (χ0) is 21.4. The Morgan fingerprint density at radius 2 is 1.77 bits per heavy atom. The first-order valence-electron chi connectivity index (χ1n) is 10.8. The molecule has 30 heavy (non-hydrogen) atoms. The molecule has 0 bridgehead atoms. The van der Waals surface area contributed by atoms with Crippen LogP contribution < -0.4 is 4.74 Å². The molecule has 0 atom stereocenters. The van der Waals surface area contributed by atoms with Gasteiger partial charge in [0.05, 0.1) is 12.5 Å². The van der Waals surface area contributed by atoms with Crippen molar-refractivity contribution in [1.29, 1.82) is 0 Å². The Labute approximate surface area is 177 Å². The summed E-state index contributed by atoms with van der Waals surface area (Å²) in [5.41, 5.74) is 3.88. The first-order chi connectivity index (χ1) is 14.4. The zero-order valence-electron chi connectivity index (χ0n) is 18.4. The van der Waals surface area contributed by atoms with Gasteiger partial charge >= 0.3 is 0 Å². The van der Waals surface area contributed by atoms with E-state index in [1.54, 1.807) is 11.8 Å². The van der Waals surface area contributed by atoms with Crippen molar-refractivity contribution >= 4 is 22.8 Å². The second-order valence-electron chi connectivity index (χ2n) is 8.47. The molecule has 8 heteroatoms. The summed E-state index contributed by atoms with van der Waals surface area (Å²) in [6.07, 6.45) is 4.29. The zero-order valence-corrected chi connectivity index (χ0v) is 18.4. The standard InChI is InChI=1S/C22H31N5O3/c1-14-17(15(2)23-20-19(14)21(30-4)24-25(20)3)8-9-18(28)26-10-12-27(13-11-26)22(29)16-6-5-7-16/h16H,5-13H2,1-4H3. The fourth-order valence-electron chi connectivity index (χ4n) is 4.59. The third-order valence-corrected chi connectivity index (χ3v) is 6.70. The molecule has 0 N–H and O–H groups in total. The summed E-state index contributed by atoms with van der Waals surface area (Å²) >= 11 is 0. The lowest BCUT2D eigenvalue weighted by Gasteiger charge is -2.38. The van der Waals surface area contributed by atoms with Gasteiger partial charge in [-0.25, -0.2) is 9.67 Å². The Morgan fingerprint density at radius 1 is 1.10 bits per heavy atom. The van der Waals surface area contributed by atoms with Crippen LogP contribution in [-0.4, -0.2) is 69.7 Å². The largest absolute Gasteiger partial charge is 0.479 e. The highest BCUT2D eigenvalue weighted by Gasteiger charge is 2.32. The summed E-state index contributed by atoms with van der Waals surface area (Å²) in [7, 11) is 3.47. The molecule has 2 fully saturated rings. The highest BCUT2D eigenvalue weighted by molar-refractivity contribution is 5.86. The summed E-state index contributed by atoms with van der Waals surface area (Å²) in [5.74, 6) is 1.22. The highest BCUT2D eigenvalue weighted by atomic mass is 16.5. The topological polar surface area (TPSA) is 80.6 Å². The Morgan fingerprint density at radius 3 is 2.37 bits per heavy atom. The minimum Gasteiger partial charge on any atom is -0.479 e. The maximum Gasteiger partial charge on any atom is 0.242 e. The molecule has 4 rings (SSSR count). The van der Waals surface area contributed by atoms with Crippen LogP contribution in [0.2, 0.25) is 0 Å². The first kappa shape index (κ1) is 20.6. The Hall–Kier alpha value is -2.64. The van der Waals surface area contributed by atoms with E-state index in [9.17, 15) is 9.59 Å². The summed E-state index contributed by atoms with van der Waals surface area (Å²) < 4.78 is 7.15. The molecule has 2 amide bonds. The van der Waals surface area contributed by atoms with Gasteiger partial charge in [0.2, 0.25) is 17.7 Å². The van der Waals surface area contributed by atoms with Crippen molar-refractivity contribution in [3.05, 3.63) is 16.8 Å². The molecule has 1 aliphatic heterocycles. The molecular weight excluding hydrogens is 382 g/mol. The second-order valence-corrected chi connectivity index (χ2v) is 8.47. The van der Waals surface area contributed by atoms with Gasteiger partial charge in [0.25, 0.3) is 0 Å². The van der Waals surface area contributed by atoms with Crippen LogP contribution in [0.25, 0.3) is 11.0 Å². The molecule has 1 aliphatic carbocycles. The number of methoxy groups -OCH3 is 1. The van der Waals surface area contributed by atoms with Gasteiger partial charge in [0, 0.05) is 51.3 Å². The van der Waals surface area contributed by atoms with Crippen LogP contribution in [0.4, 0.5) is 0 Å². The summed E-state index contributed by atoms with van der Waals surface area (Å²) in [6.45, 7) is 6.59. The smallest absolute Gasteiger partial charge is 0.242 e. The van der Waals surface area contributed by atoms with Crippen LogP contribution in [0.5, 0.6) is 5.88 Å². The number of piperazine rings is 1. The number of aryl methyl sites for hydroxylation is 3. The van der Waals surface area contributed by atoms with Crippen molar-refractivity contribution in [1.82, 2.24) is 24.6 Å². The lowest BCUT2D eigenvalue weighted by Crippen LogP contribution is -2.52. The maximum absolute atomic E-state index is 12.8. The molecule has 1 saturated heterocycles. The van der Waals surface area contributed by atoms with E-state index in [0.717, 1.165) is 40.7 Å². The number of amides is 2. The van der Waals surface area contributed by atoms with E-state index in [0.29, 0.717) is 44.9 Å². The monoisotopic (exact) mass is 413 g/mol. The Bertz CT molecular complexity index is 971. The third-order valence-electron chi connectivity index (χ3n) is 6.70. The predicted octanol–water partition coefficient (Wildman–Crippen LogP) is 2.00. The van der Waals surface area contributed by atoms with E-state index in [-0.39, 0.29) is 17.7 Å². The molecule has 0 aromatic carbocycles. The lowest BCUT2D eigenvalue weighted by molar-refractivity contribution is -0.144. The fraction of sp³-hybridized carbons (Fsp3) is 0.636. The predicted molar refractivity (Wildman–Crippen MR) is 113 cm³/mol. The van der Waals surface area contributed by atoms with Crippen molar-refractivity contribution in [2.24, 2.45) is 13.0 Å². The highest BCUT2D eigenvalue weighted by Crippen LogP contribution is 2.31. The minimum atomic E-state index is 0.141. The number of pyridine rings is 1. The normalized spacial score (nSPS) is 17.3. The first-order valence-corrected chi connectivity index (χ1v) is 10.8. The SMILES string of the molecule is COc1nn(C)c2nc(C)c(CCC(=O)N3CCN(C(=O)C4CCC4)CC3)c(C)c12. The van der Waals surface area contributed by atoms with E-state index >= 15 is 0 Å². The van der Waals surface area contributed by atoms with E-state index in [1.165, 1.54) is 6.42 Å². The van der Waals surface area contributed by atoms with Crippen molar-refractivity contribution in [3.8, 4) is 5.88 Å². The number of nitrogens with zero attached hydrogens (tertiary/aromatic N) is 5. The van der Waals surface area contributed by atoms with Crippen LogP contribution in [-0.2, 0) is 23.1 Å². The number of carbonyl (C=O) groups excluding carboxylic acids is 2. The summed E-state index contributed by atoms with van der Waals surface area (Å²) in [4.78, 5) is 33.8. The molecule has 2 aromatic heterocycles. The van der Waals surface area contributed by atoms with Crippen LogP contribution in [0.15, 0.2) is 0 Å². The van der Waals surface area contributed by atoms with Crippen molar-refractivity contribution in [2.75, 3.05) is 33.3 Å². The van der Waals surface area contributed by atoms with E-state index in [1.807, 2.05) is 30.7 Å². The molecule has 1 saturated carbocycles. The minimum absolute atomic E-state index is 0.141. The van der Waals surface area contributed by atoms with E-state index < -0.39 is 0 Å². The molecule has 2 aromatic rings. The van der Waals surface area contributed by atoms with Crippen LogP contribution in [0.1, 0.15) is 42.5 Å². The molecular formula is C22H31N5O3. The van der Waals surface area contributed by atoms with Crippen molar-refractivity contribution < 1.29 is 14.3 Å². The molecule has 8 nitrogen and oxygen atoms in total. The van der Waals surface area contributed by atoms with Gasteiger partial charge < -0.3 is 14.5 Å². The van der Waals surface area contributed by atoms with Gasteiger partial charge in [0.15, 0.2) is 5.65 Å². The second kappa shape index (κ2) is 8.24. The molecule has 2 aliphatic rings. The van der Waals surface area contributed by atoms with Gasteiger partial charge in [0.1, 0.15) is 0 Å². The van der Waals surface area contributed by atoms with Crippen molar-refractivity contribution in [3.63, 3.8) is 0 Å². The maximum atomic E-state index is 12.8. The number of fused-ring (bicyclic) bond motifs is 1. The number of aromatic nitrogens is 3. The number of ether oxygens (including phenoxy) is 1. The number of rotatable bonds is 5. The van der Waals surface area contributed by atoms with E-state index in [2.05, 4.69) is 5.10 Å².